The van der Waals surface area contributed by atoms with E-state index in [0.29, 0.717) is 6.54 Å². The normalized spacial score (nSPS) is 9.65. The molecule has 0 aromatic heterocycles. The highest BCUT2D eigenvalue weighted by molar-refractivity contribution is 6.02. The number of aromatic carboxylic acids is 1. The standard InChI is InChI=1S/C12H13NO4/c1-2-7-13-8-17-12(16)10-6-4-3-5-9(10)11(14)15/h2-6,13H,1,7-8H2,(H,14,15). The first-order valence-electron chi connectivity index (χ1n) is 4.98. The van der Waals surface area contributed by atoms with Crippen LogP contribution in [0.3, 0.4) is 0 Å². The summed E-state index contributed by atoms with van der Waals surface area (Å²) in [5.74, 6) is -1.82. The molecule has 90 valence electrons. The van der Waals surface area contributed by atoms with Crippen molar-refractivity contribution in [3.05, 3.63) is 48.0 Å². The molecule has 1 rings (SSSR count). The molecule has 0 atom stereocenters. The van der Waals surface area contributed by atoms with Crippen LogP contribution >= 0.6 is 0 Å². The number of rotatable bonds is 6. The van der Waals surface area contributed by atoms with Gasteiger partial charge in [0.05, 0.1) is 11.1 Å². The Morgan fingerprint density at radius 1 is 1.35 bits per heavy atom. The van der Waals surface area contributed by atoms with Gasteiger partial charge in [-0.25, -0.2) is 9.59 Å². The van der Waals surface area contributed by atoms with E-state index >= 15 is 0 Å². The zero-order chi connectivity index (χ0) is 12.7. The molecule has 0 saturated heterocycles. The van der Waals surface area contributed by atoms with Crippen LogP contribution in [0.2, 0.25) is 0 Å². The van der Waals surface area contributed by atoms with Gasteiger partial charge < -0.3 is 9.84 Å². The molecule has 0 radical (unpaired) electrons. The Hall–Kier alpha value is -2.14. The van der Waals surface area contributed by atoms with Crippen molar-refractivity contribution < 1.29 is 19.4 Å². The van der Waals surface area contributed by atoms with Gasteiger partial charge in [-0.15, -0.1) is 6.58 Å². The van der Waals surface area contributed by atoms with Crippen molar-refractivity contribution in [2.24, 2.45) is 0 Å². The first-order valence-corrected chi connectivity index (χ1v) is 4.98. The highest BCUT2D eigenvalue weighted by Gasteiger charge is 2.16. The summed E-state index contributed by atoms with van der Waals surface area (Å²) in [6.07, 6.45) is 1.62. The maximum atomic E-state index is 11.6. The van der Waals surface area contributed by atoms with Crippen LogP contribution in [0.25, 0.3) is 0 Å². The van der Waals surface area contributed by atoms with Gasteiger partial charge in [0.15, 0.2) is 0 Å². The third-order valence-corrected chi connectivity index (χ3v) is 1.97. The number of ether oxygens (including phenoxy) is 1. The molecule has 0 amide bonds. The summed E-state index contributed by atoms with van der Waals surface area (Å²) >= 11 is 0. The molecule has 0 aliphatic heterocycles. The first kappa shape index (κ1) is 12.9. The number of carbonyl (C=O) groups excluding carboxylic acids is 1. The zero-order valence-corrected chi connectivity index (χ0v) is 9.18. The molecular weight excluding hydrogens is 222 g/mol. The highest BCUT2D eigenvalue weighted by Crippen LogP contribution is 2.09. The van der Waals surface area contributed by atoms with Crippen LogP contribution in [-0.4, -0.2) is 30.3 Å². The van der Waals surface area contributed by atoms with Crippen LogP contribution < -0.4 is 5.32 Å². The van der Waals surface area contributed by atoms with Gasteiger partial charge in [0.25, 0.3) is 0 Å². The number of hydrogen-bond donors (Lipinski definition) is 2. The molecule has 0 bridgehead atoms. The molecule has 0 aliphatic rings. The molecule has 1 aromatic rings. The van der Waals surface area contributed by atoms with Gasteiger partial charge in [0, 0.05) is 6.54 Å². The van der Waals surface area contributed by atoms with E-state index < -0.39 is 11.9 Å². The van der Waals surface area contributed by atoms with Crippen LogP contribution in [0, 0.1) is 0 Å². The lowest BCUT2D eigenvalue weighted by molar-refractivity contribution is 0.0467. The first-order chi connectivity index (χ1) is 8.16. The Balaban J connectivity index is 2.68. The summed E-state index contributed by atoms with van der Waals surface area (Å²) < 4.78 is 4.86. The van der Waals surface area contributed by atoms with Crippen molar-refractivity contribution in [3.63, 3.8) is 0 Å². The second-order valence-corrected chi connectivity index (χ2v) is 3.17. The predicted octanol–water partition coefficient (Wildman–Crippen LogP) is 1.27. The van der Waals surface area contributed by atoms with Gasteiger partial charge in [0.1, 0.15) is 6.73 Å². The molecule has 0 aliphatic carbocycles. The Morgan fingerprint density at radius 2 is 2.00 bits per heavy atom. The summed E-state index contributed by atoms with van der Waals surface area (Å²) in [5, 5.41) is 11.7. The number of carboxylic acid groups (broad SMARTS) is 1. The second kappa shape index (κ2) is 6.44. The third-order valence-electron chi connectivity index (χ3n) is 1.97. The fraction of sp³-hybridized carbons (Fsp3) is 0.167. The van der Waals surface area contributed by atoms with Crippen molar-refractivity contribution >= 4 is 11.9 Å². The average Bonchev–Trinajstić information content (AvgIpc) is 2.34. The molecule has 5 heteroatoms. The van der Waals surface area contributed by atoms with E-state index in [1.807, 2.05) is 0 Å². The lowest BCUT2D eigenvalue weighted by atomic mass is 10.1. The van der Waals surface area contributed by atoms with Crippen LogP contribution in [0.15, 0.2) is 36.9 Å². The van der Waals surface area contributed by atoms with Crippen molar-refractivity contribution in [3.8, 4) is 0 Å². The monoisotopic (exact) mass is 235 g/mol. The Kier molecular flexibility index (Phi) is 4.90. The topological polar surface area (TPSA) is 75.6 Å². The summed E-state index contributed by atoms with van der Waals surface area (Å²) in [6, 6.07) is 5.91. The SMILES string of the molecule is C=CCNCOC(=O)c1ccccc1C(=O)O. The number of carboxylic acids is 1. The van der Waals surface area contributed by atoms with Crippen molar-refractivity contribution in [2.75, 3.05) is 13.3 Å². The number of esters is 1. The van der Waals surface area contributed by atoms with E-state index in [-0.39, 0.29) is 17.9 Å². The van der Waals surface area contributed by atoms with E-state index in [4.69, 9.17) is 9.84 Å². The van der Waals surface area contributed by atoms with Crippen LogP contribution in [0.1, 0.15) is 20.7 Å². The largest absolute Gasteiger partial charge is 0.478 e. The molecular formula is C12H13NO4. The van der Waals surface area contributed by atoms with Gasteiger partial charge in [0.2, 0.25) is 0 Å². The minimum atomic E-state index is -1.16. The fourth-order valence-electron chi connectivity index (χ4n) is 1.20. The maximum absolute atomic E-state index is 11.6. The molecule has 0 unspecified atom stereocenters. The number of benzene rings is 1. The minimum Gasteiger partial charge on any atom is -0.478 e. The highest BCUT2D eigenvalue weighted by atomic mass is 16.5. The maximum Gasteiger partial charge on any atom is 0.340 e. The van der Waals surface area contributed by atoms with E-state index in [9.17, 15) is 9.59 Å². The van der Waals surface area contributed by atoms with Gasteiger partial charge in [-0.2, -0.15) is 0 Å². The number of nitrogens with one attached hydrogen (secondary N) is 1. The third kappa shape index (κ3) is 3.73. The van der Waals surface area contributed by atoms with Gasteiger partial charge in [-0.1, -0.05) is 18.2 Å². The summed E-state index contributed by atoms with van der Waals surface area (Å²) in [5.41, 5.74) is -0.0263. The van der Waals surface area contributed by atoms with Gasteiger partial charge in [-0.3, -0.25) is 5.32 Å². The fourth-order valence-corrected chi connectivity index (χ4v) is 1.20. The second-order valence-electron chi connectivity index (χ2n) is 3.17. The summed E-state index contributed by atoms with van der Waals surface area (Å²) in [4.78, 5) is 22.4. The number of carbonyl (C=O) groups is 2. The van der Waals surface area contributed by atoms with E-state index in [2.05, 4.69) is 11.9 Å². The molecule has 2 N–H and O–H groups in total. The molecule has 0 saturated carbocycles. The zero-order valence-electron chi connectivity index (χ0n) is 9.18. The summed E-state index contributed by atoms with van der Waals surface area (Å²) in [6.45, 7) is 4.01. The Morgan fingerprint density at radius 3 is 2.59 bits per heavy atom. The van der Waals surface area contributed by atoms with Crippen LogP contribution in [0.5, 0.6) is 0 Å². The average molecular weight is 235 g/mol. The molecule has 1 aromatic carbocycles. The smallest absolute Gasteiger partial charge is 0.340 e. The molecule has 0 heterocycles. The Bertz CT molecular complexity index is 428. The lowest BCUT2D eigenvalue weighted by Gasteiger charge is -2.07. The van der Waals surface area contributed by atoms with Crippen molar-refractivity contribution in [1.82, 2.24) is 5.32 Å². The van der Waals surface area contributed by atoms with E-state index in [1.54, 1.807) is 18.2 Å². The molecule has 5 nitrogen and oxygen atoms in total. The summed E-state index contributed by atoms with van der Waals surface area (Å²) in [7, 11) is 0. The predicted molar refractivity (Wildman–Crippen MR) is 61.9 cm³/mol. The molecule has 0 fully saturated rings. The minimum absolute atomic E-state index is 0.0127. The lowest BCUT2D eigenvalue weighted by Crippen LogP contribution is -2.21. The van der Waals surface area contributed by atoms with E-state index in [0.717, 1.165) is 0 Å². The van der Waals surface area contributed by atoms with Crippen molar-refractivity contribution in [2.45, 2.75) is 0 Å². The van der Waals surface area contributed by atoms with Crippen LogP contribution in [-0.2, 0) is 4.74 Å². The Labute approximate surface area is 98.7 Å². The molecule has 0 spiro atoms. The number of hydrogen-bond acceptors (Lipinski definition) is 4. The van der Waals surface area contributed by atoms with Gasteiger partial charge in [-0.05, 0) is 12.1 Å². The van der Waals surface area contributed by atoms with E-state index in [1.165, 1.54) is 12.1 Å². The quantitative estimate of drug-likeness (QED) is 0.336. The van der Waals surface area contributed by atoms with Crippen molar-refractivity contribution in [1.29, 1.82) is 0 Å². The van der Waals surface area contributed by atoms with Gasteiger partial charge >= 0.3 is 11.9 Å². The molecule has 17 heavy (non-hydrogen) atoms. The van der Waals surface area contributed by atoms with Crippen LogP contribution in [0.4, 0.5) is 0 Å².